The molecule has 2 N–H and O–H groups in total. The highest BCUT2D eigenvalue weighted by Gasteiger charge is 2.12. The van der Waals surface area contributed by atoms with E-state index in [0.29, 0.717) is 12.1 Å². The molecule has 0 heterocycles. The van der Waals surface area contributed by atoms with Crippen molar-refractivity contribution in [2.45, 2.75) is 25.9 Å². The summed E-state index contributed by atoms with van der Waals surface area (Å²) in [7, 11) is 0. The van der Waals surface area contributed by atoms with Crippen molar-refractivity contribution in [3.8, 4) is 0 Å². The van der Waals surface area contributed by atoms with Gasteiger partial charge in [-0.3, -0.25) is 0 Å². The van der Waals surface area contributed by atoms with E-state index in [-0.39, 0.29) is 11.6 Å². The smallest absolute Gasteiger partial charge is 0.335 e. The van der Waals surface area contributed by atoms with E-state index in [1.807, 2.05) is 30.3 Å². The summed E-state index contributed by atoms with van der Waals surface area (Å²) in [5, 5.41) is 12.2. The van der Waals surface area contributed by atoms with Crippen LogP contribution in [0.1, 0.15) is 40.9 Å². The molecule has 0 fully saturated rings. The van der Waals surface area contributed by atoms with Gasteiger partial charge in [-0.25, -0.2) is 9.18 Å². The quantitative estimate of drug-likeness (QED) is 0.850. The van der Waals surface area contributed by atoms with Crippen LogP contribution in [-0.4, -0.2) is 11.1 Å². The van der Waals surface area contributed by atoms with Gasteiger partial charge in [-0.2, -0.15) is 0 Å². The summed E-state index contributed by atoms with van der Waals surface area (Å²) in [5.74, 6) is -1.44. The Hall–Kier alpha value is -2.20. The monoisotopic (exact) mass is 287 g/mol. The molecule has 0 aliphatic rings. The fraction of sp³-hybridized carbons (Fsp3) is 0.235. The molecule has 21 heavy (non-hydrogen) atoms. The molecule has 1 atom stereocenters. The first kappa shape index (κ1) is 15.2. The number of hydrogen-bond donors (Lipinski definition) is 2. The summed E-state index contributed by atoms with van der Waals surface area (Å²) in [6.45, 7) is 2.34. The van der Waals surface area contributed by atoms with Crippen LogP contribution in [0, 0.1) is 5.82 Å². The first-order valence-electron chi connectivity index (χ1n) is 6.92. The third-order valence-electron chi connectivity index (χ3n) is 3.44. The molecule has 2 aromatic rings. The first-order valence-corrected chi connectivity index (χ1v) is 6.92. The third-order valence-corrected chi connectivity index (χ3v) is 3.44. The van der Waals surface area contributed by atoms with E-state index >= 15 is 0 Å². The molecule has 0 aromatic heterocycles. The second-order valence-electron chi connectivity index (χ2n) is 4.86. The van der Waals surface area contributed by atoms with E-state index in [1.54, 1.807) is 0 Å². The van der Waals surface area contributed by atoms with Crippen LogP contribution < -0.4 is 5.32 Å². The van der Waals surface area contributed by atoms with E-state index in [0.717, 1.165) is 12.0 Å². The van der Waals surface area contributed by atoms with Crippen LogP contribution in [0.4, 0.5) is 4.39 Å². The van der Waals surface area contributed by atoms with Crippen molar-refractivity contribution < 1.29 is 14.3 Å². The number of carboxylic acid groups (broad SMARTS) is 1. The van der Waals surface area contributed by atoms with Gasteiger partial charge >= 0.3 is 5.97 Å². The molecule has 2 aromatic carbocycles. The van der Waals surface area contributed by atoms with Crippen molar-refractivity contribution in [1.82, 2.24) is 5.32 Å². The zero-order valence-corrected chi connectivity index (χ0v) is 11.8. The number of aromatic carboxylic acids is 1. The molecular weight excluding hydrogens is 269 g/mol. The van der Waals surface area contributed by atoms with Crippen LogP contribution in [0.25, 0.3) is 0 Å². The minimum Gasteiger partial charge on any atom is -0.478 e. The van der Waals surface area contributed by atoms with E-state index in [4.69, 9.17) is 5.11 Å². The molecule has 0 aliphatic carbocycles. The van der Waals surface area contributed by atoms with Crippen molar-refractivity contribution >= 4 is 5.97 Å². The lowest BCUT2D eigenvalue weighted by molar-refractivity contribution is 0.0696. The van der Waals surface area contributed by atoms with E-state index in [9.17, 15) is 9.18 Å². The normalized spacial score (nSPS) is 12.1. The second kappa shape index (κ2) is 6.99. The van der Waals surface area contributed by atoms with Crippen molar-refractivity contribution in [1.29, 1.82) is 0 Å². The van der Waals surface area contributed by atoms with Crippen LogP contribution in [-0.2, 0) is 6.54 Å². The Balaban J connectivity index is 2.11. The van der Waals surface area contributed by atoms with Crippen molar-refractivity contribution in [3.63, 3.8) is 0 Å². The largest absolute Gasteiger partial charge is 0.478 e. The third kappa shape index (κ3) is 3.89. The SMILES string of the molecule is CCC(NCc1cc(C(=O)O)ccc1F)c1ccccc1. The summed E-state index contributed by atoms with van der Waals surface area (Å²) < 4.78 is 13.8. The van der Waals surface area contributed by atoms with Gasteiger partial charge in [0.1, 0.15) is 5.82 Å². The maximum absolute atomic E-state index is 13.8. The second-order valence-corrected chi connectivity index (χ2v) is 4.86. The summed E-state index contributed by atoms with van der Waals surface area (Å²) in [4.78, 5) is 10.9. The summed E-state index contributed by atoms with van der Waals surface area (Å²) in [6, 6.07) is 13.9. The number of rotatable bonds is 6. The van der Waals surface area contributed by atoms with Crippen LogP contribution in [0.5, 0.6) is 0 Å². The molecule has 0 aliphatic heterocycles. The Kier molecular flexibility index (Phi) is 5.06. The molecule has 1 unspecified atom stereocenters. The Bertz CT molecular complexity index is 613. The molecular formula is C17H18FNO2. The lowest BCUT2D eigenvalue weighted by atomic mass is 10.0. The Morgan fingerprint density at radius 3 is 2.57 bits per heavy atom. The van der Waals surface area contributed by atoms with Gasteiger partial charge in [0.05, 0.1) is 5.56 Å². The Labute approximate surface area is 123 Å². The molecule has 0 radical (unpaired) electrons. The van der Waals surface area contributed by atoms with Gasteiger partial charge in [0, 0.05) is 18.2 Å². The fourth-order valence-electron chi connectivity index (χ4n) is 2.26. The number of benzene rings is 2. The summed E-state index contributed by atoms with van der Waals surface area (Å²) >= 11 is 0. The molecule has 0 spiro atoms. The van der Waals surface area contributed by atoms with Crippen LogP contribution in [0.3, 0.4) is 0 Å². The number of carboxylic acids is 1. The number of nitrogens with one attached hydrogen (secondary N) is 1. The van der Waals surface area contributed by atoms with E-state index < -0.39 is 11.8 Å². The summed E-state index contributed by atoms with van der Waals surface area (Å²) in [5.41, 5.74) is 1.60. The predicted molar refractivity (Wildman–Crippen MR) is 79.7 cm³/mol. The number of hydrogen-bond acceptors (Lipinski definition) is 2. The van der Waals surface area contributed by atoms with Crippen molar-refractivity contribution in [2.75, 3.05) is 0 Å². The zero-order chi connectivity index (χ0) is 15.2. The van der Waals surface area contributed by atoms with Gasteiger partial charge in [-0.05, 0) is 30.2 Å². The number of halogens is 1. The highest BCUT2D eigenvalue weighted by atomic mass is 19.1. The average Bonchev–Trinajstić information content (AvgIpc) is 2.50. The van der Waals surface area contributed by atoms with Crippen LogP contribution >= 0.6 is 0 Å². The predicted octanol–water partition coefficient (Wildman–Crippen LogP) is 3.76. The molecule has 0 amide bonds. The minimum atomic E-state index is -1.05. The van der Waals surface area contributed by atoms with Gasteiger partial charge in [-0.15, -0.1) is 0 Å². The van der Waals surface area contributed by atoms with Gasteiger partial charge in [0.2, 0.25) is 0 Å². The first-order chi connectivity index (χ1) is 10.1. The highest BCUT2D eigenvalue weighted by molar-refractivity contribution is 5.87. The van der Waals surface area contributed by atoms with E-state index in [2.05, 4.69) is 12.2 Å². The molecule has 4 heteroatoms. The van der Waals surface area contributed by atoms with E-state index in [1.165, 1.54) is 18.2 Å². The molecule has 2 rings (SSSR count). The topological polar surface area (TPSA) is 49.3 Å². The lowest BCUT2D eigenvalue weighted by Crippen LogP contribution is -2.21. The molecule has 110 valence electrons. The van der Waals surface area contributed by atoms with Gasteiger partial charge < -0.3 is 10.4 Å². The zero-order valence-electron chi connectivity index (χ0n) is 11.8. The van der Waals surface area contributed by atoms with Gasteiger partial charge in [-0.1, -0.05) is 37.3 Å². The minimum absolute atomic E-state index is 0.0981. The molecule has 0 bridgehead atoms. The van der Waals surface area contributed by atoms with Gasteiger partial charge in [0.25, 0.3) is 0 Å². The Morgan fingerprint density at radius 2 is 1.95 bits per heavy atom. The van der Waals surface area contributed by atoms with Crippen LogP contribution in [0.15, 0.2) is 48.5 Å². The molecule has 3 nitrogen and oxygen atoms in total. The van der Waals surface area contributed by atoms with Crippen molar-refractivity contribution in [3.05, 3.63) is 71.0 Å². The standard InChI is InChI=1S/C17H18FNO2/c1-2-16(12-6-4-3-5-7-12)19-11-14-10-13(17(20)21)8-9-15(14)18/h3-10,16,19H,2,11H2,1H3,(H,20,21). The van der Waals surface area contributed by atoms with Crippen LogP contribution in [0.2, 0.25) is 0 Å². The average molecular weight is 287 g/mol. The fourth-order valence-corrected chi connectivity index (χ4v) is 2.26. The molecule has 0 saturated heterocycles. The highest BCUT2D eigenvalue weighted by Crippen LogP contribution is 2.18. The Morgan fingerprint density at radius 1 is 1.24 bits per heavy atom. The summed E-state index contributed by atoms with van der Waals surface area (Å²) in [6.07, 6.45) is 0.865. The molecule has 0 saturated carbocycles. The maximum atomic E-state index is 13.8. The van der Waals surface area contributed by atoms with Gasteiger partial charge in [0.15, 0.2) is 0 Å². The van der Waals surface area contributed by atoms with Crippen molar-refractivity contribution in [2.24, 2.45) is 0 Å². The number of carbonyl (C=O) groups is 1. The lowest BCUT2D eigenvalue weighted by Gasteiger charge is -2.18. The maximum Gasteiger partial charge on any atom is 0.335 e.